The second kappa shape index (κ2) is 37.9. The van der Waals surface area contributed by atoms with Gasteiger partial charge in [0.05, 0.1) is 0 Å². The van der Waals surface area contributed by atoms with E-state index in [2.05, 4.69) is 135 Å². The number of urea groups is 2. The minimum absolute atomic E-state index is 0.243. The van der Waals surface area contributed by atoms with Crippen molar-refractivity contribution in [3.8, 4) is 0 Å². The molecule has 0 saturated heterocycles. The summed E-state index contributed by atoms with van der Waals surface area (Å²) >= 11 is 0. The Kier molecular flexibility index (Phi) is 36.5. The van der Waals surface area contributed by atoms with E-state index in [0.29, 0.717) is 71.8 Å². The molecule has 0 unspecified atom stereocenters. The summed E-state index contributed by atoms with van der Waals surface area (Å²) in [5.41, 5.74) is 0.884. The van der Waals surface area contributed by atoms with E-state index in [1.807, 2.05) is 0 Å². The lowest BCUT2D eigenvalue weighted by Crippen LogP contribution is -2.54. The van der Waals surface area contributed by atoms with E-state index in [0.717, 1.165) is 122 Å². The molecule has 0 atom stereocenters. The molecule has 1 aromatic heterocycles. The molecule has 1 rings (SSSR count). The van der Waals surface area contributed by atoms with Gasteiger partial charge in [0.15, 0.2) is 0 Å². The van der Waals surface area contributed by atoms with Crippen LogP contribution in [0.3, 0.4) is 0 Å². The van der Waals surface area contributed by atoms with Gasteiger partial charge in [-0.1, -0.05) is 240 Å². The van der Waals surface area contributed by atoms with Gasteiger partial charge in [0, 0.05) is 39.3 Å². The van der Waals surface area contributed by atoms with Gasteiger partial charge >= 0.3 is 29.1 Å². The first-order chi connectivity index (χ1) is 35.1. The standard InChI is InChI=1S/C33H63N3O3.C32H65N3O2/c1-31(2,3)22-16-10-13-19-25-34-28(37)35(26-20-14-11-17-23-32(4,5)6)30(39)36(29(34)38)27-21-15-12-18-24-33(7,8)9;1-30(2,3)22-16-10-13-19-25-33-28(36)35(27-21-15-12-18-24-32(7,8)9)29(37)34-26-20-14-11-17-23-31(4,5)6/h10-27H2,1-9H3;10-27H2,1-9H3,(H,33,36)(H,34,37). The lowest BCUT2D eigenvalue weighted by atomic mass is 9.89. The summed E-state index contributed by atoms with van der Waals surface area (Å²) in [6.45, 7) is 43.8. The number of aromatic nitrogens is 3. The molecule has 0 spiro atoms. The molecule has 1 heterocycles. The van der Waals surface area contributed by atoms with Crippen molar-refractivity contribution in [2.75, 3.05) is 19.6 Å². The average molecular weight is 1070 g/mol. The number of hydrogen-bond donors (Lipinski definition) is 2. The predicted octanol–water partition coefficient (Wildman–Crippen LogP) is 17.9. The van der Waals surface area contributed by atoms with Gasteiger partial charge in [-0.3, -0.25) is 0 Å². The number of carbonyl (C=O) groups is 2. The third-order valence-electron chi connectivity index (χ3n) is 14.4. The number of imide groups is 1. The van der Waals surface area contributed by atoms with Crippen molar-refractivity contribution < 1.29 is 9.59 Å². The third-order valence-corrected chi connectivity index (χ3v) is 14.4. The van der Waals surface area contributed by atoms with E-state index < -0.39 is 17.1 Å². The highest BCUT2D eigenvalue weighted by Crippen LogP contribution is 2.26. The van der Waals surface area contributed by atoms with E-state index in [4.69, 9.17) is 0 Å². The van der Waals surface area contributed by atoms with Crippen LogP contribution in [0.1, 0.15) is 317 Å². The van der Waals surface area contributed by atoms with Crippen LogP contribution < -0.4 is 27.7 Å². The van der Waals surface area contributed by atoms with Crippen molar-refractivity contribution in [2.24, 2.45) is 32.5 Å². The summed E-state index contributed by atoms with van der Waals surface area (Å²) in [6.07, 6.45) is 32.6. The van der Waals surface area contributed by atoms with E-state index >= 15 is 0 Å². The van der Waals surface area contributed by atoms with Gasteiger partial charge in [-0.15, -0.1) is 0 Å². The van der Waals surface area contributed by atoms with E-state index in [1.165, 1.54) is 89.2 Å². The first kappa shape index (κ1) is 73.2. The van der Waals surface area contributed by atoms with Crippen LogP contribution in [0.2, 0.25) is 0 Å². The topological polar surface area (TPSA) is 127 Å². The smallest absolute Gasteiger partial charge is 0.336 e. The maximum absolute atomic E-state index is 13.3. The fraction of sp³-hybridized carbons (Fsp3) is 0.923. The summed E-state index contributed by atoms with van der Waals surface area (Å²) in [7, 11) is 0. The molecule has 0 aliphatic heterocycles. The molecule has 448 valence electrons. The number of nitrogens with zero attached hydrogens (tertiary/aromatic N) is 4. The zero-order chi connectivity index (χ0) is 58.1. The van der Waals surface area contributed by atoms with Crippen LogP contribution in [0, 0.1) is 32.5 Å². The molecule has 4 amide bonds. The second-order valence-corrected chi connectivity index (χ2v) is 30.3. The quantitative estimate of drug-likeness (QED) is 0.0647. The number of rotatable bonds is 36. The minimum atomic E-state index is -0.421. The van der Waals surface area contributed by atoms with Crippen LogP contribution in [0.25, 0.3) is 0 Å². The van der Waals surface area contributed by atoms with Crippen LogP contribution in [0.5, 0.6) is 0 Å². The Morgan fingerprint density at radius 1 is 0.303 bits per heavy atom. The monoisotopic (exact) mass is 1070 g/mol. The molecule has 11 nitrogen and oxygen atoms in total. The molecule has 0 saturated carbocycles. The summed E-state index contributed by atoms with van der Waals surface area (Å²) in [5.74, 6) is 0. The molecular formula is C65H128N6O5. The number of amides is 4. The largest absolute Gasteiger partial charge is 0.338 e. The molecule has 11 heteroatoms. The molecule has 0 radical (unpaired) electrons. The van der Waals surface area contributed by atoms with Crippen molar-refractivity contribution in [1.29, 1.82) is 0 Å². The molecule has 1 aromatic rings. The van der Waals surface area contributed by atoms with Crippen LogP contribution in [-0.2, 0) is 19.6 Å². The van der Waals surface area contributed by atoms with Crippen molar-refractivity contribution in [3.05, 3.63) is 31.5 Å². The van der Waals surface area contributed by atoms with Crippen molar-refractivity contribution in [1.82, 2.24) is 29.2 Å². The van der Waals surface area contributed by atoms with Crippen molar-refractivity contribution in [3.63, 3.8) is 0 Å². The van der Waals surface area contributed by atoms with Crippen molar-refractivity contribution >= 4 is 12.1 Å². The molecule has 0 bridgehead atoms. The first-order valence-electron chi connectivity index (χ1n) is 31.4. The molecule has 0 aliphatic carbocycles. The van der Waals surface area contributed by atoms with E-state index in [9.17, 15) is 24.0 Å². The summed E-state index contributed by atoms with van der Waals surface area (Å²) in [6, 6.07) is -0.487. The maximum Gasteiger partial charge on any atom is 0.336 e. The molecule has 0 fully saturated rings. The highest BCUT2D eigenvalue weighted by Gasteiger charge is 2.22. The molecular weight excluding hydrogens is 945 g/mol. The number of carbonyl (C=O) groups excluding carboxylic acids is 2. The summed E-state index contributed by atoms with van der Waals surface area (Å²) in [5, 5.41) is 6.00. The van der Waals surface area contributed by atoms with Gasteiger partial charge < -0.3 is 10.6 Å². The fourth-order valence-electron chi connectivity index (χ4n) is 9.52. The lowest BCUT2D eigenvalue weighted by molar-refractivity contribution is 0.184. The van der Waals surface area contributed by atoms with Crippen LogP contribution >= 0.6 is 0 Å². The highest BCUT2D eigenvalue weighted by atomic mass is 16.2. The summed E-state index contributed by atoms with van der Waals surface area (Å²) < 4.78 is 4.01. The Hall–Kier alpha value is -2.85. The van der Waals surface area contributed by atoms with Crippen LogP contribution in [0.4, 0.5) is 9.59 Å². The lowest BCUT2D eigenvalue weighted by Gasteiger charge is -2.22. The Morgan fingerprint density at radius 2 is 0.500 bits per heavy atom. The average Bonchev–Trinajstić information content (AvgIpc) is 3.27. The Morgan fingerprint density at radius 3 is 0.724 bits per heavy atom. The minimum Gasteiger partial charge on any atom is -0.338 e. The zero-order valence-electron chi connectivity index (χ0n) is 53.8. The second-order valence-electron chi connectivity index (χ2n) is 30.3. The number of unbranched alkanes of at least 4 members (excludes halogenated alkanes) is 18. The number of hydrogen-bond acceptors (Lipinski definition) is 5. The van der Waals surface area contributed by atoms with Gasteiger partial charge in [0.2, 0.25) is 0 Å². The van der Waals surface area contributed by atoms with Gasteiger partial charge in [0.1, 0.15) is 0 Å². The van der Waals surface area contributed by atoms with Gasteiger partial charge in [-0.05, 0) is 110 Å². The Balaban J connectivity index is 0.00000148. The molecule has 2 N–H and O–H groups in total. The third kappa shape index (κ3) is 42.1. The summed E-state index contributed by atoms with van der Waals surface area (Å²) in [4.78, 5) is 67.0. The van der Waals surface area contributed by atoms with Gasteiger partial charge in [-0.2, -0.15) is 0 Å². The molecule has 0 aromatic carbocycles. The predicted molar refractivity (Wildman–Crippen MR) is 328 cm³/mol. The highest BCUT2D eigenvalue weighted by molar-refractivity contribution is 5.93. The Labute approximate surface area is 469 Å². The fourth-order valence-corrected chi connectivity index (χ4v) is 9.52. The normalized spacial score (nSPS) is 12.7. The van der Waals surface area contributed by atoms with Crippen LogP contribution in [-0.4, -0.2) is 50.3 Å². The van der Waals surface area contributed by atoms with Gasteiger partial charge in [-0.25, -0.2) is 42.6 Å². The first-order valence-corrected chi connectivity index (χ1v) is 31.4. The maximum atomic E-state index is 13.3. The molecule has 76 heavy (non-hydrogen) atoms. The van der Waals surface area contributed by atoms with E-state index in [1.54, 1.807) is 0 Å². The number of nitrogens with one attached hydrogen (secondary N) is 2. The van der Waals surface area contributed by atoms with Crippen molar-refractivity contribution in [2.45, 2.75) is 337 Å². The molecule has 0 aliphatic rings. The van der Waals surface area contributed by atoms with Gasteiger partial charge in [0.25, 0.3) is 0 Å². The zero-order valence-corrected chi connectivity index (χ0v) is 53.8. The van der Waals surface area contributed by atoms with E-state index in [-0.39, 0.29) is 12.1 Å². The van der Waals surface area contributed by atoms with Crippen LogP contribution in [0.15, 0.2) is 14.4 Å². The SMILES string of the molecule is CC(C)(C)CCCCCCNC(=O)N(CCCCCCC(C)(C)C)C(=O)NCCCCCCC(C)(C)C.CC(C)(C)CCCCCCn1c(=O)n(CCCCCCC(C)(C)C)c(=O)n(CCCCCCC(C)(C)C)c1=O. The Bertz CT molecular complexity index is 1650.